The number of aryl methyl sites for hydroxylation is 1. The van der Waals surface area contributed by atoms with Gasteiger partial charge in [0.25, 0.3) is 0 Å². The lowest BCUT2D eigenvalue weighted by atomic mass is 10.3. The van der Waals surface area contributed by atoms with E-state index < -0.39 is 0 Å². The Morgan fingerprint density at radius 2 is 1.87 bits per heavy atom. The van der Waals surface area contributed by atoms with Crippen molar-refractivity contribution in [1.82, 2.24) is 19.2 Å². The fourth-order valence-electron chi connectivity index (χ4n) is 3.33. The normalized spacial score (nSPS) is 10.9. The van der Waals surface area contributed by atoms with Crippen LogP contribution in [0.4, 0.5) is 5.69 Å². The number of hydrogen-bond donors (Lipinski definition) is 1. The van der Waals surface area contributed by atoms with Gasteiger partial charge in [-0.25, -0.2) is 4.68 Å². The number of nitrogens with zero attached hydrogens (tertiary/aromatic N) is 4. The second-order valence-electron chi connectivity index (χ2n) is 6.94. The van der Waals surface area contributed by atoms with Gasteiger partial charge in [-0.15, -0.1) is 0 Å². The quantitative estimate of drug-likeness (QED) is 0.525. The zero-order chi connectivity index (χ0) is 21.5. The van der Waals surface area contributed by atoms with E-state index in [-0.39, 0.29) is 12.5 Å². The molecule has 0 saturated heterocycles. The summed E-state index contributed by atoms with van der Waals surface area (Å²) in [6.45, 7) is 5.42. The Morgan fingerprint density at radius 1 is 1.17 bits per heavy atom. The average Bonchev–Trinajstić information content (AvgIpc) is 3.02. The number of para-hydroxylation sites is 3. The Hall–Kier alpha value is -2.97. The van der Waals surface area contributed by atoms with Crippen molar-refractivity contribution in [3.05, 3.63) is 65.2 Å². The molecule has 0 saturated carbocycles. The Labute approximate surface area is 181 Å². The van der Waals surface area contributed by atoms with Crippen LogP contribution in [-0.4, -0.2) is 45.4 Å². The lowest BCUT2D eigenvalue weighted by molar-refractivity contribution is -0.117. The van der Waals surface area contributed by atoms with E-state index in [0.29, 0.717) is 22.9 Å². The van der Waals surface area contributed by atoms with E-state index in [9.17, 15) is 4.79 Å². The molecule has 0 bridgehead atoms. The molecular weight excluding hydrogens is 398 g/mol. The zero-order valence-corrected chi connectivity index (χ0v) is 18.4. The van der Waals surface area contributed by atoms with Crippen LogP contribution in [0.5, 0.6) is 5.75 Å². The first kappa shape index (κ1) is 21.7. The van der Waals surface area contributed by atoms with Crippen LogP contribution in [0.2, 0.25) is 0 Å². The van der Waals surface area contributed by atoms with Gasteiger partial charge in [0.1, 0.15) is 11.6 Å². The number of rotatable bonds is 9. The number of benzene rings is 2. The summed E-state index contributed by atoms with van der Waals surface area (Å²) in [6, 6.07) is 17.3. The number of hydrogen-bond acceptors (Lipinski definition) is 5. The van der Waals surface area contributed by atoms with Gasteiger partial charge >= 0.3 is 0 Å². The number of carbonyl (C=O) groups excluding carboxylic acids is 1. The van der Waals surface area contributed by atoms with Crippen molar-refractivity contribution in [2.45, 2.75) is 26.9 Å². The summed E-state index contributed by atoms with van der Waals surface area (Å²) in [5.41, 5.74) is 1.63. The average molecular weight is 426 g/mol. The standard InChI is InChI=1S/C22H27N5O2S/c1-4-14-25(15-21(28)23-19-12-8-9-13-20(19)29-3)16-26-22(30)27(17(2)24-26)18-10-6-5-7-11-18/h5-13H,4,14-16H2,1-3H3,(H,23,28). The number of carbonyl (C=O) groups is 1. The van der Waals surface area contributed by atoms with Gasteiger partial charge in [-0.05, 0) is 49.8 Å². The highest BCUT2D eigenvalue weighted by molar-refractivity contribution is 7.71. The molecule has 0 fully saturated rings. The van der Waals surface area contributed by atoms with E-state index in [1.165, 1.54) is 0 Å². The summed E-state index contributed by atoms with van der Waals surface area (Å²) in [5, 5.41) is 7.54. The first-order valence-corrected chi connectivity index (χ1v) is 10.3. The summed E-state index contributed by atoms with van der Waals surface area (Å²) in [4.78, 5) is 14.7. The van der Waals surface area contributed by atoms with Crippen molar-refractivity contribution in [2.24, 2.45) is 0 Å². The molecule has 3 rings (SSSR count). The predicted molar refractivity (Wildman–Crippen MR) is 121 cm³/mol. The van der Waals surface area contributed by atoms with E-state index in [1.54, 1.807) is 11.8 Å². The van der Waals surface area contributed by atoms with Gasteiger partial charge in [0.15, 0.2) is 0 Å². The summed E-state index contributed by atoms with van der Waals surface area (Å²) in [7, 11) is 1.58. The summed E-state index contributed by atoms with van der Waals surface area (Å²) >= 11 is 5.67. The third-order valence-corrected chi connectivity index (χ3v) is 5.03. The van der Waals surface area contributed by atoms with Crippen molar-refractivity contribution >= 4 is 23.8 Å². The summed E-state index contributed by atoms with van der Waals surface area (Å²) in [6.07, 6.45) is 0.910. The molecule has 0 aliphatic carbocycles. The van der Waals surface area contributed by atoms with E-state index in [4.69, 9.17) is 17.0 Å². The molecule has 8 heteroatoms. The molecule has 0 aliphatic rings. The van der Waals surface area contributed by atoms with Crippen LogP contribution < -0.4 is 10.1 Å². The molecule has 1 heterocycles. The predicted octanol–water partition coefficient (Wildman–Crippen LogP) is 4.03. The molecule has 3 aromatic rings. The van der Waals surface area contributed by atoms with Gasteiger partial charge in [0.2, 0.25) is 10.7 Å². The van der Waals surface area contributed by atoms with Gasteiger partial charge in [0, 0.05) is 12.2 Å². The van der Waals surface area contributed by atoms with Crippen LogP contribution in [0.25, 0.3) is 5.69 Å². The third kappa shape index (κ3) is 5.14. The Morgan fingerprint density at radius 3 is 2.57 bits per heavy atom. The Bertz CT molecular complexity index is 1050. The minimum Gasteiger partial charge on any atom is -0.495 e. The number of anilines is 1. The van der Waals surface area contributed by atoms with E-state index in [1.807, 2.05) is 71.0 Å². The maximum absolute atomic E-state index is 12.7. The molecule has 1 N–H and O–H groups in total. The lowest BCUT2D eigenvalue weighted by Gasteiger charge is -2.21. The van der Waals surface area contributed by atoms with Crippen molar-refractivity contribution < 1.29 is 9.53 Å². The van der Waals surface area contributed by atoms with Gasteiger partial charge in [-0.1, -0.05) is 37.3 Å². The van der Waals surface area contributed by atoms with Crippen molar-refractivity contribution in [3.63, 3.8) is 0 Å². The molecule has 0 atom stereocenters. The highest BCUT2D eigenvalue weighted by Gasteiger charge is 2.15. The van der Waals surface area contributed by atoms with E-state index in [0.717, 1.165) is 24.5 Å². The fourth-order valence-corrected chi connectivity index (χ4v) is 3.66. The summed E-state index contributed by atoms with van der Waals surface area (Å²) < 4.78 is 9.62. The molecular formula is C22H27N5O2S. The Kier molecular flexibility index (Phi) is 7.37. The fraction of sp³-hybridized carbons (Fsp3) is 0.318. The Balaban J connectivity index is 1.75. The molecule has 0 spiro atoms. The van der Waals surface area contributed by atoms with Crippen molar-refractivity contribution in [1.29, 1.82) is 0 Å². The van der Waals surface area contributed by atoms with Crippen LogP contribution in [-0.2, 0) is 11.5 Å². The summed E-state index contributed by atoms with van der Waals surface area (Å²) in [5.74, 6) is 1.33. The van der Waals surface area contributed by atoms with Crippen molar-refractivity contribution in [3.8, 4) is 11.4 Å². The van der Waals surface area contributed by atoms with Gasteiger partial charge in [-0.3, -0.25) is 14.3 Å². The number of nitrogens with one attached hydrogen (secondary N) is 1. The first-order valence-electron chi connectivity index (χ1n) is 9.90. The van der Waals surface area contributed by atoms with E-state index in [2.05, 4.69) is 17.3 Å². The maximum atomic E-state index is 12.7. The molecule has 2 aromatic carbocycles. The molecule has 1 amide bonds. The molecule has 1 aromatic heterocycles. The molecule has 0 radical (unpaired) electrons. The second kappa shape index (κ2) is 10.2. The SMILES string of the molecule is CCCN(CC(=O)Nc1ccccc1OC)Cn1nc(C)n(-c2ccccc2)c1=S. The number of methoxy groups -OCH3 is 1. The minimum atomic E-state index is -0.112. The molecule has 7 nitrogen and oxygen atoms in total. The molecule has 0 aliphatic heterocycles. The monoisotopic (exact) mass is 425 g/mol. The number of aromatic nitrogens is 3. The maximum Gasteiger partial charge on any atom is 0.238 e. The molecule has 30 heavy (non-hydrogen) atoms. The van der Waals surface area contributed by atoms with Crippen LogP contribution in [0.1, 0.15) is 19.2 Å². The van der Waals surface area contributed by atoms with Crippen LogP contribution in [0, 0.1) is 11.7 Å². The van der Waals surface area contributed by atoms with Gasteiger partial charge < -0.3 is 10.1 Å². The molecule has 158 valence electrons. The first-order chi connectivity index (χ1) is 14.5. The largest absolute Gasteiger partial charge is 0.495 e. The minimum absolute atomic E-state index is 0.112. The zero-order valence-electron chi connectivity index (χ0n) is 17.5. The third-order valence-electron chi connectivity index (χ3n) is 4.64. The molecule has 0 unspecified atom stereocenters. The van der Waals surface area contributed by atoms with Crippen LogP contribution in [0.15, 0.2) is 54.6 Å². The van der Waals surface area contributed by atoms with Crippen LogP contribution >= 0.6 is 12.2 Å². The van der Waals surface area contributed by atoms with Gasteiger partial charge in [0.05, 0.1) is 26.0 Å². The van der Waals surface area contributed by atoms with Crippen molar-refractivity contribution in [2.75, 3.05) is 25.5 Å². The number of amides is 1. The highest BCUT2D eigenvalue weighted by Crippen LogP contribution is 2.23. The lowest BCUT2D eigenvalue weighted by Crippen LogP contribution is -2.35. The topological polar surface area (TPSA) is 64.3 Å². The van der Waals surface area contributed by atoms with Crippen LogP contribution in [0.3, 0.4) is 0 Å². The smallest absolute Gasteiger partial charge is 0.238 e. The number of ether oxygens (including phenoxy) is 1. The highest BCUT2D eigenvalue weighted by atomic mass is 32.1. The second-order valence-corrected chi connectivity index (χ2v) is 7.31. The van der Waals surface area contributed by atoms with E-state index >= 15 is 0 Å². The van der Waals surface area contributed by atoms with Gasteiger partial charge in [-0.2, -0.15) is 5.10 Å².